The van der Waals surface area contributed by atoms with Crippen LogP contribution in [0.15, 0.2) is 22.4 Å². The molecule has 0 amide bonds. The molecule has 0 unspecified atom stereocenters. The number of nitrogens with two attached hydrogens (primary N) is 1. The average molecular weight is 337 g/mol. The second kappa shape index (κ2) is 6.60. The maximum Gasteiger partial charge on any atom is 0.387 e. The lowest BCUT2D eigenvalue weighted by Gasteiger charge is -2.10. The summed E-state index contributed by atoms with van der Waals surface area (Å²) in [6.07, 6.45) is 0. The van der Waals surface area contributed by atoms with Crippen LogP contribution >= 0.6 is 34.7 Å². The number of aryl methyl sites for hydroxylation is 1. The van der Waals surface area contributed by atoms with E-state index in [2.05, 4.69) is 9.72 Å². The number of rotatable bonds is 5. The first-order valence-electron chi connectivity index (χ1n) is 5.54. The number of nitrogens with zero attached hydrogens (tertiary/aromatic N) is 1. The molecule has 2 N–H and O–H groups in total. The van der Waals surface area contributed by atoms with Gasteiger partial charge in [0.2, 0.25) is 0 Å². The highest BCUT2D eigenvalue weighted by atomic mass is 35.5. The van der Waals surface area contributed by atoms with Crippen LogP contribution in [0.25, 0.3) is 0 Å². The molecular weight excluding hydrogens is 326 g/mol. The number of halogens is 3. The Kier molecular flexibility index (Phi) is 5.06. The maximum absolute atomic E-state index is 12.3. The molecule has 0 fully saturated rings. The van der Waals surface area contributed by atoms with Gasteiger partial charge in [-0.25, -0.2) is 4.98 Å². The van der Waals surface area contributed by atoms with Crippen LogP contribution in [0.2, 0.25) is 5.02 Å². The summed E-state index contributed by atoms with van der Waals surface area (Å²) < 4.78 is 30.1. The van der Waals surface area contributed by atoms with Crippen molar-refractivity contribution in [1.29, 1.82) is 0 Å². The first-order valence-corrected chi connectivity index (χ1v) is 7.72. The van der Waals surface area contributed by atoms with Gasteiger partial charge < -0.3 is 10.5 Å². The number of hydrogen-bond acceptors (Lipinski definition) is 5. The molecule has 0 bridgehead atoms. The number of thioether (sulfide) groups is 1. The zero-order valence-corrected chi connectivity index (χ0v) is 12.8. The molecule has 0 saturated heterocycles. The lowest BCUT2D eigenvalue weighted by Crippen LogP contribution is -2.04. The lowest BCUT2D eigenvalue weighted by molar-refractivity contribution is -0.0503. The highest BCUT2D eigenvalue weighted by Gasteiger charge is 2.12. The Bertz CT molecular complexity index is 607. The highest BCUT2D eigenvalue weighted by molar-refractivity contribution is 8.00. The Labute approximate surface area is 128 Å². The molecule has 108 valence electrons. The van der Waals surface area contributed by atoms with Crippen LogP contribution in [-0.4, -0.2) is 11.6 Å². The summed E-state index contributed by atoms with van der Waals surface area (Å²) in [5.41, 5.74) is 7.05. The first-order chi connectivity index (χ1) is 9.45. The molecule has 0 radical (unpaired) electrons. The molecule has 3 nitrogen and oxygen atoms in total. The van der Waals surface area contributed by atoms with Crippen molar-refractivity contribution < 1.29 is 13.5 Å². The Balaban J connectivity index is 2.15. The van der Waals surface area contributed by atoms with Crippen LogP contribution in [0.5, 0.6) is 5.75 Å². The molecule has 0 aliphatic rings. The Hall–Kier alpha value is -1.05. The van der Waals surface area contributed by atoms with Crippen molar-refractivity contribution in [2.24, 2.45) is 0 Å². The van der Waals surface area contributed by atoms with E-state index in [0.717, 1.165) is 9.90 Å². The Morgan fingerprint density at radius 2 is 2.25 bits per heavy atom. The van der Waals surface area contributed by atoms with Gasteiger partial charge in [0.05, 0.1) is 9.90 Å². The van der Waals surface area contributed by atoms with E-state index in [9.17, 15) is 8.78 Å². The van der Waals surface area contributed by atoms with E-state index in [1.807, 2.05) is 6.92 Å². The topological polar surface area (TPSA) is 48.1 Å². The van der Waals surface area contributed by atoms with E-state index in [0.29, 0.717) is 21.5 Å². The van der Waals surface area contributed by atoms with Crippen molar-refractivity contribution in [2.75, 3.05) is 5.73 Å². The van der Waals surface area contributed by atoms with Crippen LogP contribution in [0, 0.1) is 6.92 Å². The normalized spacial score (nSPS) is 11.1. The first kappa shape index (κ1) is 15.3. The standard InChI is InChI=1S/C12H11ClF2N2OS2/c1-6-10(20-12(16)17-6)19-5-7-4-8(13)2-3-9(7)18-11(14)15/h2-4,11H,5H2,1H3,(H2,16,17). The number of thiazole rings is 1. The van der Waals surface area contributed by atoms with E-state index in [-0.39, 0.29) is 5.75 Å². The summed E-state index contributed by atoms with van der Waals surface area (Å²) in [6, 6.07) is 4.58. The molecule has 1 aromatic heterocycles. The Morgan fingerprint density at radius 1 is 1.50 bits per heavy atom. The summed E-state index contributed by atoms with van der Waals surface area (Å²) in [5.74, 6) is 0.581. The van der Waals surface area contributed by atoms with Crippen molar-refractivity contribution >= 4 is 39.8 Å². The fourth-order valence-electron chi connectivity index (χ4n) is 1.55. The SMILES string of the molecule is Cc1nc(N)sc1SCc1cc(Cl)ccc1OC(F)F. The number of anilines is 1. The van der Waals surface area contributed by atoms with Gasteiger partial charge in [0.15, 0.2) is 5.13 Å². The van der Waals surface area contributed by atoms with Crippen LogP contribution < -0.4 is 10.5 Å². The summed E-state index contributed by atoms with van der Waals surface area (Å²) in [6.45, 7) is -1.01. The minimum atomic E-state index is -2.86. The molecule has 0 saturated carbocycles. The van der Waals surface area contributed by atoms with Gasteiger partial charge in [0, 0.05) is 16.3 Å². The van der Waals surface area contributed by atoms with Crippen LogP contribution in [0.4, 0.5) is 13.9 Å². The minimum absolute atomic E-state index is 0.132. The largest absolute Gasteiger partial charge is 0.435 e. The summed E-state index contributed by atoms with van der Waals surface area (Å²) in [7, 11) is 0. The second-order valence-electron chi connectivity index (χ2n) is 3.84. The third-order valence-electron chi connectivity index (χ3n) is 2.37. The van der Waals surface area contributed by atoms with Gasteiger partial charge in [0.25, 0.3) is 0 Å². The smallest absolute Gasteiger partial charge is 0.387 e. The van der Waals surface area contributed by atoms with Crippen molar-refractivity contribution in [2.45, 2.75) is 23.5 Å². The monoisotopic (exact) mass is 336 g/mol. The average Bonchev–Trinajstić information content (AvgIpc) is 2.67. The third-order valence-corrected chi connectivity index (χ3v) is 5.00. The molecule has 1 heterocycles. The van der Waals surface area contributed by atoms with Gasteiger partial charge in [-0.3, -0.25) is 0 Å². The van der Waals surface area contributed by atoms with E-state index in [1.54, 1.807) is 6.07 Å². The number of hydrogen-bond donors (Lipinski definition) is 1. The van der Waals surface area contributed by atoms with Gasteiger partial charge >= 0.3 is 6.61 Å². The molecule has 0 aliphatic heterocycles. The van der Waals surface area contributed by atoms with Gasteiger partial charge in [-0.2, -0.15) is 8.78 Å². The van der Waals surface area contributed by atoms with Gasteiger partial charge in [-0.1, -0.05) is 22.9 Å². The van der Waals surface area contributed by atoms with Crippen molar-refractivity contribution in [3.8, 4) is 5.75 Å². The molecule has 0 aliphatic carbocycles. The number of benzene rings is 1. The number of ether oxygens (including phenoxy) is 1. The zero-order valence-electron chi connectivity index (χ0n) is 10.4. The molecule has 20 heavy (non-hydrogen) atoms. The Morgan fingerprint density at radius 3 is 2.85 bits per heavy atom. The molecule has 2 aromatic rings. The molecule has 0 atom stereocenters. The van der Waals surface area contributed by atoms with E-state index >= 15 is 0 Å². The van der Waals surface area contributed by atoms with E-state index < -0.39 is 6.61 Å². The molecular formula is C12H11ClF2N2OS2. The molecule has 2 rings (SSSR count). The number of aromatic nitrogens is 1. The predicted molar refractivity (Wildman–Crippen MR) is 78.9 cm³/mol. The molecule has 8 heteroatoms. The summed E-state index contributed by atoms with van der Waals surface area (Å²) in [4.78, 5) is 4.11. The van der Waals surface area contributed by atoms with Crippen LogP contribution in [-0.2, 0) is 5.75 Å². The third kappa shape index (κ3) is 3.97. The predicted octanol–water partition coefficient (Wildman–Crippen LogP) is 4.58. The highest BCUT2D eigenvalue weighted by Crippen LogP contribution is 2.35. The van der Waals surface area contributed by atoms with Gasteiger partial charge in [-0.15, -0.1) is 11.8 Å². The summed E-state index contributed by atoms with van der Waals surface area (Å²) >= 11 is 8.72. The second-order valence-corrected chi connectivity index (χ2v) is 6.56. The zero-order chi connectivity index (χ0) is 14.7. The molecule has 0 spiro atoms. The lowest BCUT2D eigenvalue weighted by atomic mass is 10.2. The summed E-state index contributed by atoms with van der Waals surface area (Å²) in [5, 5.41) is 0.961. The number of nitrogen functional groups attached to an aromatic ring is 1. The minimum Gasteiger partial charge on any atom is -0.435 e. The van der Waals surface area contributed by atoms with Crippen molar-refractivity contribution in [1.82, 2.24) is 4.98 Å². The maximum atomic E-state index is 12.3. The van der Waals surface area contributed by atoms with Crippen LogP contribution in [0.1, 0.15) is 11.3 Å². The van der Waals surface area contributed by atoms with Gasteiger partial charge in [0.1, 0.15) is 5.75 Å². The fourth-order valence-corrected chi connectivity index (χ4v) is 3.75. The quantitative estimate of drug-likeness (QED) is 0.812. The van der Waals surface area contributed by atoms with Gasteiger partial charge in [-0.05, 0) is 25.1 Å². The fraction of sp³-hybridized carbons (Fsp3) is 0.250. The van der Waals surface area contributed by atoms with Crippen molar-refractivity contribution in [3.05, 3.63) is 34.5 Å². The van der Waals surface area contributed by atoms with E-state index in [4.69, 9.17) is 17.3 Å². The van der Waals surface area contributed by atoms with E-state index in [1.165, 1.54) is 35.2 Å². The van der Waals surface area contributed by atoms with Crippen molar-refractivity contribution in [3.63, 3.8) is 0 Å². The molecule has 1 aromatic carbocycles. The van der Waals surface area contributed by atoms with Crippen LogP contribution in [0.3, 0.4) is 0 Å². The number of alkyl halides is 2.